The Morgan fingerprint density at radius 2 is 1.80 bits per heavy atom. The van der Waals surface area contributed by atoms with Gasteiger partial charge in [-0.1, -0.05) is 89.6 Å². The molecule has 1 aromatic rings. The number of carbonyl (C=O) groups excluding carboxylic acids is 1. The molecule has 0 spiro atoms. The Balaban J connectivity index is 1.58. The van der Waals surface area contributed by atoms with E-state index in [0.29, 0.717) is 11.7 Å². The summed E-state index contributed by atoms with van der Waals surface area (Å²) in [6.07, 6.45) is 12.0. The molecule has 2 bridgehead atoms. The van der Waals surface area contributed by atoms with Crippen molar-refractivity contribution in [3.8, 4) is 0 Å². The molecule has 1 aromatic carbocycles. The third kappa shape index (κ3) is 5.15. The van der Waals surface area contributed by atoms with E-state index in [9.17, 15) is 9.90 Å². The van der Waals surface area contributed by atoms with Crippen molar-refractivity contribution in [2.24, 2.45) is 16.7 Å². The molecule has 3 rings (SSSR count). The molecule has 0 radical (unpaired) electrons. The van der Waals surface area contributed by atoms with Crippen molar-refractivity contribution in [1.82, 2.24) is 0 Å². The first-order valence-corrected chi connectivity index (χ1v) is 13.3. The van der Waals surface area contributed by atoms with E-state index in [1.54, 1.807) is 0 Å². The van der Waals surface area contributed by atoms with Crippen molar-refractivity contribution in [2.75, 3.05) is 5.75 Å². The molecule has 2 nitrogen and oxygen atoms in total. The summed E-state index contributed by atoms with van der Waals surface area (Å²) in [6, 6.07) is 10.6. The zero-order chi connectivity index (χ0) is 21.6. The van der Waals surface area contributed by atoms with Crippen LogP contribution in [0.4, 0.5) is 0 Å². The van der Waals surface area contributed by atoms with Gasteiger partial charge in [-0.15, -0.1) is 0 Å². The number of ketones is 1. The van der Waals surface area contributed by atoms with E-state index in [1.165, 1.54) is 44.1 Å². The average molecular weight is 431 g/mol. The molecule has 4 atom stereocenters. The van der Waals surface area contributed by atoms with E-state index >= 15 is 0 Å². The number of rotatable bonds is 13. The molecule has 30 heavy (non-hydrogen) atoms. The van der Waals surface area contributed by atoms with Crippen LogP contribution in [-0.2, 0) is 4.79 Å². The molecule has 2 fully saturated rings. The Morgan fingerprint density at radius 1 is 1.10 bits per heavy atom. The highest BCUT2D eigenvalue weighted by atomic mass is 32.2. The number of benzene rings is 1. The van der Waals surface area contributed by atoms with Crippen molar-refractivity contribution in [3.05, 3.63) is 35.9 Å². The van der Waals surface area contributed by atoms with Gasteiger partial charge >= 0.3 is 0 Å². The second-order valence-corrected chi connectivity index (χ2v) is 11.5. The number of aliphatic hydroxyl groups is 1. The molecule has 168 valence electrons. The number of hydrogen-bond donors (Lipinski definition) is 1. The topological polar surface area (TPSA) is 37.3 Å². The minimum Gasteiger partial charge on any atom is -0.393 e. The predicted octanol–water partition coefficient (Wildman–Crippen LogP) is 7.36. The maximum Gasteiger partial charge on any atom is 0.140 e. The molecule has 0 unspecified atom stereocenters. The quantitative estimate of drug-likeness (QED) is 0.332. The monoisotopic (exact) mass is 430 g/mol. The van der Waals surface area contributed by atoms with E-state index in [4.69, 9.17) is 0 Å². The first-order chi connectivity index (χ1) is 14.4. The fraction of sp³-hybridized carbons (Fsp3) is 0.741. The summed E-state index contributed by atoms with van der Waals surface area (Å²) in [7, 11) is 0. The number of aliphatic hydroxyl groups excluding tert-OH is 1. The lowest BCUT2D eigenvalue weighted by Crippen LogP contribution is -2.38. The summed E-state index contributed by atoms with van der Waals surface area (Å²) in [5.41, 5.74) is 1.26. The van der Waals surface area contributed by atoms with Crippen LogP contribution in [0.2, 0.25) is 0 Å². The van der Waals surface area contributed by atoms with Crippen LogP contribution in [0.15, 0.2) is 30.3 Å². The van der Waals surface area contributed by atoms with Crippen LogP contribution in [0, 0.1) is 16.7 Å². The van der Waals surface area contributed by atoms with E-state index in [2.05, 4.69) is 51.1 Å². The van der Waals surface area contributed by atoms with Gasteiger partial charge in [0.1, 0.15) is 5.78 Å². The first kappa shape index (κ1) is 23.9. The predicted molar refractivity (Wildman–Crippen MR) is 129 cm³/mol. The Labute approximate surface area is 188 Å². The van der Waals surface area contributed by atoms with Crippen LogP contribution in [0.5, 0.6) is 0 Å². The van der Waals surface area contributed by atoms with Crippen molar-refractivity contribution in [2.45, 2.75) is 103 Å². The highest BCUT2D eigenvalue weighted by Gasteiger charge is 2.63. The Kier molecular flexibility index (Phi) is 8.49. The number of fused-ring (bicyclic) bond motifs is 2. The zero-order valence-corrected chi connectivity index (χ0v) is 20.2. The largest absolute Gasteiger partial charge is 0.393 e. The van der Waals surface area contributed by atoms with Crippen LogP contribution in [0.1, 0.15) is 102 Å². The van der Waals surface area contributed by atoms with Gasteiger partial charge in [-0.25, -0.2) is 0 Å². The molecule has 2 aliphatic rings. The van der Waals surface area contributed by atoms with E-state index in [1.807, 2.05) is 11.8 Å². The molecule has 0 saturated heterocycles. The molecular formula is C27H42O2S. The molecular weight excluding hydrogens is 388 g/mol. The number of hydrogen-bond acceptors (Lipinski definition) is 3. The van der Waals surface area contributed by atoms with Gasteiger partial charge in [0.25, 0.3) is 0 Å². The van der Waals surface area contributed by atoms with E-state index in [-0.39, 0.29) is 22.2 Å². The molecule has 3 heteroatoms. The van der Waals surface area contributed by atoms with Crippen molar-refractivity contribution < 1.29 is 9.90 Å². The summed E-state index contributed by atoms with van der Waals surface area (Å²) in [5.74, 6) is 1.97. The van der Waals surface area contributed by atoms with Gasteiger partial charge in [0, 0.05) is 22.8 Å². The molecule has 2 saturated carbocycles. The summed E-state index contributed by atoms with van der Waals surface area (Å²) in [5, 5.41) is 11.0. The number of Topliss-reactive ketones (excluding diaryl/α,β-unsaturated/α-hetero) is 1. The molecule has 0 amide bonds. The minimum absolute atomic E-state index is 0.120. The molecule has 0 heterocycles. The Bertz CT molecular complexity index is 671. The molecule has 0 aromatic heterocycles. The summed E-state index contributed by atoms with van der Waals surface area (Å²) in [6.45, 7) is 6.89. The SMILES string of the molecule is CCCCCCCC[C@H](O)C[C@@H](SC[C@]12CC[C@H](CC1=O)C2(C)C)c1ccccc1. The summed E-state index contributed by atoms with van der Waals surface area (Å²) in [4.78, 5) is 12.9. The van der Waals surface area contributed by atoms with E-state index in [0.717, 1.165) is 37.9 Å². The highest BCUT2D eigenvalue weighted by molar-refractivity contribution is 7.99. The van der Waals surface area contributed by atoms with Gasteiger partial charge in [-0.3, -0.25) is 4.79 Å². The zero-order valence-electron chi connectivity index (χ0n) is 19.4. The maximum absolute atomic E-state index is 12.9. The highest BCUT2D eigenvalue weighted by Crippen LogP contribution is 2.65. The van der Waals surface area contributed by atoms with Gasteiger partial charge < -0.3 is 5.11 Å². The smallest absolute Gasteiger partial charge is 0.140 e. The standard InChI is InChI=1S/C27H42O2S/c1-4-5-6-7-8-12-15-23(28)19-24(21-13-10-9-11-14-21)30-20-27-17-16-22(18-25(27)29)26(27,2)3/h9-11,13-14,22-24,28H,4-8,12,15-20H2,1-3H3/t22-,23+,24-,27-/m1/s1. The second-order valence-electron chi connectivity index (χ2n) is 10.3. The van der Waals surface area contributed by atoms with Crippen LogP contribution in [-0.4, -0.2) is 22.7 Å². The number of thioether (sulfide) groups is 1. The lowest BCUT2D eigenvalue weighted by atomic mass is 9.70. The van der Waals surface area contributed by atoms with Crippen molar-refractivity contribution in [1.29, 1.82) is 0 Å². The molecule has 1 N–H and O–H groups in total. The van der Waals surface area contributed by atoms with Gasteiger partial charge in [0.2, 0.25) is 0 Å². The third-order valence-electron chi connectivity index (χ3n) is 8.22. The van der Waals surface area contributed by atoms with Crippen molar-refractivity contribution in [3.63, 3.8) is 0 Å². The normalized spacial score (nSPS) is 26.8. The van der Waals surface area contributed by atoms with Gasteiger partial charge in [0.15, 0.2) is 0 Å². The third-order valence-corrected chi connectivity index (χ3v) is 9.74. The molecule has 2 aliphatic carbocycles. The first-order valence-electron chi connectivity index (χ1n) is 12.3. The van der Waals surface area contributed by atoms with Crippen LogP contribution >= 0.6 is 11.8 Å². The van der Waals surface area contributed by atoms with Crippen LogP contribution in [0.3, 0.4) is 0 Å². The lowest BCUT2D eigenvalue weighted by Gasteiger charge is -2.37. The lowest BCUT2D eigenvalue weighted by molar-refractivity contribution is -0.127. The van der Waals surface area contributed by atoms with Gasteiger partial charge in [-0.05, 0) is 42.6 Å². The van der Waals surface area contributed by atoms with Gasteiger partial charge in [0.05, 0.1) is 6.10 Å². The molecule has 0 aliphatic heterocycles. The van der Waals surface area contributed by atoms with Crippen LogP contribution < -0.4 is 0 Å². The summed E-state index contributed by atoms with van der Waals surface area (Å²) < 4.78 is 0. The maximum atomic E-state index is 12.9. The number of unbranched alkanes of at least 4 members (excludes halogenated alkanes) is 5. The average Bonchev–Trinajstić information content (AvgIpc) is 3.09. The second kappa shape index (κ2) is 10.7. The summed E-state index contributed by atoms with van der Waals surface area (Å²) >= 11 is 1.93. The Morgan fingerprint density at radius 3 is 2.43 bits per heavy atom. The van der Waals surface area contributed by atoms with E-state index < -0.39 is 0 Å². The van der Waals surface area contributed by atoms with Gasteiger partial charge in [-0.2, -0.15) is 11.8 Å². The fourth-order valence-corrected chi connectivity index (χ4v) is 7.72. The van der Waals surface area contributed by atoms with Crippen molar-refractivity contribution >= 4 is 17.5 Å². The minimum atomic E-state index is -0.255. The number of carbonyl (C=O) groups is 1. The van der Waals surface area contributed by atoms with Crippen LogP contribution in [0.25, 0.3) is 0 Å². The Hall–Kier alpha value is -0.800. The fourth-order valence-electron chi connectivity index (χ4n) is 5.84.